The fourth-order valence-corrected chi connectivity index (χ4v) is 4.08. The molecule has 0 rings (SSSR count). The fourth-order valence-electron chi connectivity index (χ4n) is 4.08. The van der Waals surface area contributed by atoms with Crippen molar-refractivity contribution in [1.82, 2.24) is 0 Å². The van der Waals surface area contributed by atoms with E-state index in [9.17, 15) is 67.1 Å². The zero-order chi connectivity index (χ0) is 56.8. The second-order valence-corrected chi connectivity index (χ2v) is 20.6. The van der Waals surface area contributed by atoms with Crippen LogP contribution in [0.2, 0.25) is 0 Å². The molecule has 0 saturated carbocycles. The van der Waals surface area contributed by atoms with E-state index < -0.39 is 82.4 Å². The summed E-state index contributed by atoms with van der Waals surface area (Å²) in [5.74, 6) is -4.92. The van der Waals surface area contributed by atoms with Crippen LogP contribution in [0.5, 0.6) is 0 Å². The predicted molar refractivity (Wildman–Crippen MR) is 257 cm³/mol. The molecule has 0 saturated heterocycles. The summed E-state index contributed by atoms with van der Waals surface area (Å²) in [5, 5.41) is 0. The Bertz CT molecular complexity index is 1860. The molecule has 0 bridgehead atoms. The number of carbonyl (C=O) groups is 14. The van der Waals surface area contributed by atoms with Crippen LogP contribution in [0.4, 0.5) is 0 Å². The Balaban J connectivity index is -0.000000425. The van der Waals surface area contributed by atoms with Gasteiger partial charge in [-0.05, 0) is 48.5 Å². The molecule has 0 aliphatic heterocycles. The minimum absolute atomic E-state index is 0.0138. The van der Waals surface area contributed by atoms with Gasteiger partial charge in [0, 0.05) is 47.3 Å². The first-order chi connectivity index (χ1) is 31.9. The minimum atomic E-state index is -1.09. The van der Waals surface area contributed by atoms with E-state index in [4.69, 9.17) is 14.2 Å². The monoisotopic (exact) mass is 1010 g/mol. The van der Waals surface area contributed by atoms with Gasteiger partial charge >= 0.3 is 35.8 Å². The topological polar surface area (TPSA) is 294 Å². The molecule has 0 aromatic carbocycles. The van der Waals surface area contributed by atoms with Crippen LogP contribution in [-0.4, -0.2) is 120 Å². The lowest BCUT2D eigenvalue weighted by Crippen LogP contribution is -2.28. The Kier molecular flexibility index (Phi) is 34.8. The molecule has 20 nitrogen and oxygen atoms in total. The number of ketones is 8. The van der Waals surface area contributed by atoms with Gasteiger partial charge in [-0.2, -0.15) is 0 Å². The van der Waals surface area contributed by atoms with Crippen LogP contribution in [0.25, 0.3) is 0 Å². The van der Waals surface area contributed by atoms with Gasteiger partial charge in [-0.1, -0.05) is 83.1 Å². The van der Waals surface area contributed by atoms with Crippen LogP contribution >= 0.6 is 0 Å². The lowest BCUT2D eigenvalue weighted by Gasteiger charge is -2.16. The predicted octanol–water partition coefficient (Wildman–Crippen LogP) is 6.31. The molecular formula is C51H82O20. The summed E-state index contributed by atoms with van der Waals surface area (Å²) < 4.78 is 28.3. The van der Waals surface area contributed by atoms with Gasteiger partial charge in [-0.3, -0.25) is 57.5 Å². The number of esters is 6. The molecule has 3 atom stereocenters. The third-order valence-electron chi connectivity index (χ3n) is 9.18. The third kappa shape index (κ3) is 41.7. The molecule has 0 aliphatic carbocycles. The van der Waals surface area contributed by atoms with Gasteiger partial charge < -0.3 is 28.4 Å². The molecule has 71 heavy (non-hydrogen) atoms. The summed E-state index contributed by atoms with van der Waals surface area (Å²) in [6.45, 7) is 29.9. The highest BCUT2D eigenvalue weighted by Gasteiger charge is 2.26. The largest absolute Gasteiger partial charge is 0.458 e. The molecule has 20 heteroatoms. The van der Waals surface area contributed by atoms with Gasteiger partial charge in [0.15, 0.2) is 48.1 Å². The van der Waals surface area contributed by atoms with Crippen molar-refractivity contribution < 1.29 is 95.5 Å². The first-order valence-electron chi connectivity index (χ1n) is 23.1. The van der Waals surface area contributed by atoms with Crippen molar-refractivity contribution >= 4 is 82.1 Å². The molecule has 0 radical (unpaired) electrons. The highest BCUT2D eigenvalue weighted by atomic mass is 16.6. The van der Waals surface area contributed by atoms with Crippen molar-refractivity contribution in [3.63, 3.8) is 0 Å². The van der Waals surface area contributed by atoms with Gasteiger partial charge in [-0.15, -0.1) is 0 Å². The average molecular weight is 1020 g/mol. The Morgan fingerprint density at radius 1 is 0.310 bits per heavy atom. The summed E-state index contributed by atoms with van der Waals surface area (Å²) in [4.78, 5) is 157. The van der Waals surface area contributed by atoms with Crippen molar-refractivity contribution in [2.24, 2.45) is 21.7 Å². The number of carbonyl (C=O) groups excluding carboxylic acids is 14. The van der Waals surface area contributed by atoms with E-state index in [1.165, 1.54) is 48.5 Å². The molecule has 0 spiro atoms. The number of rotatable bonds is 24. The maximum atomic E-state index is 11.6. The molecule has 0 aromatic heterocycles. The minimum Gasteiger partial charge on any atom is -0.458 e. The molecular weight excluding hydrogens is 933 g/mol. The van der Waals surface area contributed by atoms with Gasteiger partial charge in [0.2, 0.25) is 0 Å². The first-order valence-corrected chi connectivity index (χ1v) is 23.1. The summed E-state index contributed by atoms with van der Waals surface area (Å²) in [6.07, 6.45) is -2.29. The second-order valence-electron chi connectivity index (χ2n) is 20.6. The van der Waals surface area contributed by atoms with Gasteiger partial charge in [0.25, 0.3) is 0 Å². The van der Waals surface area contributed by atoms with Gasteiger partial charge in [0.1, 0.15) is 36.3 Å². The van der Waals surface area contributed by atoms with Crippen LogP contribution in [0.3, 0.4) is 0 Å². The van der Waals surface area contributed by atoms with E-state index in [2.05, 4.69) is 14.2 Å². The van der Waals surface area contributed by atoms with E-state index in [0.717, 1.165) is 0 Å². The van der Waals surface area contributed by atoms with E-state index >= 15 is 0 Å². The summed E-state index contributed by atoms with van der Waals surface area (Å²) >= 11 is 0. The Morgan fingerprint density at radius 3 is 0.817 bits per heavy atom. The lowest BCUT2D eigenvalue weighted by molar-refractivity contribution is -0.167. The fraction of sp³-hybridized carbons (Fsp3) is 0.725. The Morgan fingerprint density at radius 2 is 0.549 bits per heavy atom. The normalized spacial score (nSPS) is 12.3. The van der Waals surface area contributed by atoms with Crippen LogP contribution in [0.1, 0.15) is 183 Å². The van der Waals surface area contributed by atoms with Crippen molar-refractivity contribution in [3.05, 3.63) is 0 Å². The summed E-state index contributed by atoms with van der Waals surface area (Å²) in [5.41, 5.74) is -1.88. The maximum absolute atomic E-state index is 11.6. The van der Waals surface area contributed by atoms with Gasteiger partial charge in [-0.25, -0.2) is 9.59 Å². The van der Waals surface area contributed by atoms with Crippen LogP contribution in [-0.2, 0) is 95.5 Å². The molecule has 0 amide bonds. The lowest BCUT2D eigenvalue weighted by atomic mass is 9.88. The molecule has 0 aromatic rings. The van der Waals surface area contributed by atoms with E-state index in [0.29, 0.717) is 0 Å². The second kappa shape index (κ2) is 34.5. The molecule has 3 unspecified atom stereocenters. The number of hydrogen-bond donors (Lipinski definition) is 0. The summed E-state index contributed by atoms with van der Waals surface area (Å²) in [7, 11) is 0. The van der Waals surface area contributed by atoms with E-state index in [-0.39, 0.29) is 111 Å². The standard InChI is InChI=1S/2C14H22O6.C12H20O4.C11H18O4/c1-9(15)10(2)20-13(18)8-19-12(17)7-6-11(16)14(3,4)5;1-9(15)8-19-13(18)10(2)20-12(17)7-6-11(16)14(3,4)5;1-8(13)9(2)16-11(15)7-6-10(14)12(3,4)5;1-8(12)7-15-10(14)6-5-9(13)11(2,3)4/h2*10H,6-8H2,1-5H3;9H,6-7H2,1-5H3;5-7H2,1-4H3. The van der Waals surface area contributed by atoms with Crippen molar-refractivity contribution in [3.8, 4) is 0 Å². The third-order valence-corrected chi connectivity index (χ3v) is 9.18. The van der Waals surface area contributed by atoms with Crippen molar-refractivity contribution in [2.45, 2.75) is 201 Å². The Labute approximate surface area is 419 Å². The molecule has 0 aliphatic rings. The number of hydrogen-bond acceptors (Lipinski definition) is 20. The number of Topliss-reactive ketones (excluding diaryl/α,β-unsaturated/α-hetero) is 8. The van der Waals surface area contributed by atoms with Crippen molar-refractivity contribution in [1.29, 1.82) is 0 Å². The smallest absolute Gasteiger partial charge is 0.347 e. The molecule has 0 heterocycles. The molecule has 406 valence electrons. The van der Waals surface area contributed by atoms with Crippen molar-refractivity contribution in [2.75, 3.05) is 19.8 Å². The number of ether oxygens (including phenoxy) is 6. The average Bonchev–Trinajstić information content (AvgIpc) is 3.22. The van der Waals surface area contributed by atoms with Crippen LogP contribution in [0, 0.1) is 21.7 Å². The van der Waals surface area contributed by atoms with Crippen LogP contribution in [0.15, 0.2) is 0 Å². The zero-order valence-electron chi connectivity index (χ0n) is 45.7. The quantitative estimate of drug-likeness (QED) is 0.0756. The van der Waals surface area contributed by atoms with Gasteiger partial charge in [0.05, 0.1) is 25.7 Å². The van der Waals surface area contributed by atoms with E-state index in [1.54, 1.807) is 83.1 Å². The highest BCUT2D eigenvalue weighted by Crippen LogP contribution is 2.20. The SMILES string of the molecule is CC(=O)C(C)OC(=O)CCC(=O)C(C)(C)C.CC(=O)C(C)OC(=O)COC(=O)CCC(=O)C(C)(C)C.CC(=O)COC(=O)C(C)OC(=O)CCC(=O)C(C)(C)C.CC(=O)COC(=O)CCC(=O)C(C)(C)C. The van der Waals surface area contributed by atoms with E-state index in [1.807, 2.05) is 0 Å². The first kappa shape index (κ1) is 71.7. The Hall–Kier alpha value is -5.82. The molecule has 0 N–H and O–H groups in total. The van der Waals surface area contributed by atoms with Crippen LogP contribution < -0.4 is 0 Å². The highest BCUT2D eigenvalue weighted by molar-refractivity contribution is 5.90. The molecule has 0 fully saturated rings. The zero-order valence-corrected chi connectivity index (χ0v) is 45.7. The summed E-state index contributed by atoms with van der Waals surface area (Å²) in [6, 6.07) is 0. The maximum Gasteiger partial charge on any atom is 0.347 e.